The highest BCUT2D eigenvalue weighted by atomic mass is 35.5. The number of thiophene rings is 1. The quantitative estimate of drug-likeness (QED) is 0.556. The fourth-order valence-corrected chi connectivity index (χ4v) is 4.73. The Morgan fingerprint density at radius 2 is 1.87 bits per heavy atom. The third kappa shape index (κ3) is 4.54. The number of aromatic nitrogens is 2. The molecular formula is C21H19ClF3N3OS. The molecule has 1 aromatic carbocycles. The van der Waals surface area contributed by atoms with E-state index in [-0.39, 0.29) is 18.0 Å². The Morgan fingerprint density at radius 3 is 2.60 bits per heavy atom. The Bertz CT molecular complexity index is 1060. The van der Waals surface area contributed by atoms with Gasteiger partial charge in [-0.25, -0.2) is 0 Å². The molecule has 4 rings (SSSR count). The van der Waals surface area contributed by atoms with Crippen LogP contribution >= 0.6 is 22.9 Å². The summed E-state index contributed by atoms with van der Waals surface area (Å²) in [5, 5.41) is 7.18. The Morgan fingerprint density at radius 1 is 1.13 bits per heavy atom. The molecule has 3 aromatic rings. The molecule has 2 aromatic heterocycles. The van der Waals surface area contributed by atoms with Crippen molar-refractivity contribution in [3.05, 3.63) is 63.2 Å². The first-order chi connectivity index (χ1) is 14.3. The molecular weight excluding hydrogens is 435 g/mol. The van der Waals surface area contributed by atoms with Crippen molar-refractivity contribution in [1.82, 2.24) is 15.1 Å². The number of fused-ring (bicyclic) bond motifs is 1. The van der Waals surface area contributed by atoms with Gasteiger partial charge in [0.2, 0.25) is 5.91 Å². The highest BCUT2D eigenvalue weighted by Crippen LogP contribution is 2.35. The van der Waals surface area contributed by atoms with Crippen molar-refractivity contribution in [2.45, 2.75) is 44.9 Å². The third-order valence-electron chi connectivity index (χ3n) is 5.07. The maximum Gasteiger partial charge on any atom is 0.435 e. The number of benzene rings is 1. The minimum atomic E-state index is -4.50. The van der Waals surface area contributed by atoms with E-state index in [4.69, 9.17) is 11.6 Å². The van der Waals surface area contributed by atoms with Crippen molar-refractivity contribution in [3.63, 3.8) is 0 Å². The lowest BCUT2D eigenvalue weighted by Gasteiger charge is -2.14. The van der Waals surface area contributed by atoms with Gasteiger partial charge in [0.05, 0.1) is 6.54 Å². The van der Waals surface area contributed by atoms with Gasteiger partial charge in [0, 0.05) is 26.0 Å². The topological polar surface area (TPSA) is 46.9 Å². The van der Waals surface area contributed by atoms with Crippen molar-refractivity contribution in [3.8, 4) is 10.4 Å². The third-order valence-corrected chi connectivity index (χ3v) is 6.46. The van der Waals surface area contributed by atoms with Crippen molar-refractivity contribution in [2.75, 3.05) is 0 Å². The minimum absolute atomic E-state index is 0.214. The number of rotatable bonds is 5. The van der Waals surface area contributed by atoms with Crippen molar-refractivity contribution in [2.24, 2.45) is 0 Å². The van der Waals surface area contributed by atoms with E-state index in [2.05, 4.69) is 10.4 Å². The number of hydrogen-bond donors (Lipinski definition) is 1. The second-order valence-electron chi connectivity index (χ2n) is 7.19. The number of carbonyl (C=O) groups excluding carboxylic acids is 1. The van der Waals surface area contributed by atoms with Crippen LogP contribution in [0.4, 0.5) is 13.2 Å². The van der Waals surface area contributed by atoms with E-state index in [1.54, 1.807) is 11.3 Å². The normalized spacial score (nSPS) is 13.9. The lowest BCUT2D eigenvalue weighted by molar-refractivity contribution is -0.142. The zero-order valence-electron chi connectivity index (χ0n) is 15.9. The molecule has 4 nitrogen and oxygen atoms in total. The van der Waals surface area contributed by atoms with E-state index in [1.165, 1.54) is 4.68 Å². The van der Waals surface area contributed by atoms with Crippen LogP contribution < -0.4 is 5.32 Å². The molecule has 0 atom stereocenters. The second-order valence-corrected chi connectivity index (χ2v) is 8.79. The molecule has 0 saturated heterocycles. The van der Waals surface area contributed by atoms with Gasteiger partial charge in [0.25, 0.3) is 0 Å². The monoisotopic (exact) mass is 453 g/mol. The van der Waals surface area contributed by atoms with Crippen LogP contribution in [-0.2, 0) is 36.9 Å². The molecule has 1 aliphatic rings. The zero-order valence-corrected chi connectivity index (χ0v) is 17.5. The van der Waals surface area contributed by atoms with Gasteiger partial charge < -0.3 is 5.32 Å². The average molecular weight is 454 g/mol. The number of carbonyl (C=O) groups is 1. The molecule has 0 spiro atoms. The smallest absolute Gasteiger partial charge is 0.350 e. The Labute approximate surface area is 180 Å². The van der Waals surface area contributed by atoms with E-state index in [0.29, 0.717) is 36.5 Å². The number of alkyl halides is 3. The molecule has 30 heavy (non-hydrogen) atoms. The molecule has 1 N–H and O–H groups in total. The molecule has 0 unspecified atom stereocenters. The fourth-order valence-electron chi connectivity index (χ4n) is 3.65. The summed E-state index contributed by atoms with van der Waals surface area (Å²) >= 11 is 7.45. The van der Waals surface area contributed by atoms with Crippen LogP contribution in [-0.4, -0.2) is 15.7 Å². The van der Waals surface area contributed by atoms with Crippen LogP contribution in [0.3, 0.4) is 0 Å². The first kappa shape index (κ1) is 20.9. The Hall–Kier alpha value is -2.32. The summed E-state index contributed by atoms with van der Waals surface area (Å²) in [5.41, 5.74) is 0.956. The van der Waals surface area contributed by atoms with Crippen LogP contribution in [0.2, 0.25) is 5.02 Å². The van der Waals surface area contributed by atoms with E-state index >= 15 is 0 Å². The van der Waals surface area contributed by atoms with Crippen molar-refractivity contribution < 1.29 is 18.0 Å². The molecule has 1 amide bonds. The summed E-state index contributed by atoms with van der Waals surface area (Å²) in [6.45, 7) is 0.0977. The van der Waals surface area contributed by atoms with Crippen LogP contribution in [0.25, 0.3) is 10.4 Å². The number of nitrogens with one attached hydrogen (secondary N) is 1. The largest absolute Gasteiger partial charge is 0.435 e. The SMILES string of the molecule is O=C(Cn1nc(C(F)(F)F)c2c1CCCC2)NCc1ccc(-c2ccc(Cl)cc2)s1. The van der Waals surface area contributed by atoms with Gasteiger partial charge in [-0.1, -0.05) is 23.7 Å². The molecule has 0 fully saturated rings. The van der Waals surface area contributed by atoms with Crippen molar-refractivity contribution >= 4 is 28.8 Å². The lowest BCUT2D eigenvalue weighted by atomic mass is 9.95. The molecule has 2 heterocycles. The van der Waals surface area contributed by atoms with Crippen LogP contribution in [0, 0.1) is 0 Å². The standard InChI is InChI=1S/C21H19ClF3N3OS/c22-14-7-5-13(6-8-14)18-10-9-15(30-18)11-26-19(29)12-28-17-4-2-1-3-16(17)20(27-28)21(23,24)25/h5-10H,1-4,11-12H2,(H,26,29). The predicted octanol–water partition coefficient (Wildman–Crippen LogP) is 5.48. The van der Waals surface area contributed by atoms with Gasteiger partial charge in [-0.15, -0.1) is 11.3 Å². The number of hydrogen-bond acceptors (Lipinski definition) is 3. The molecule has 158 valence electrons. The van der Waals surface area contributed by atoms with Gasteiger partial charge in [-0.3, -0.25) is 9.48 Å². The average Bonchev–Trinajstić information content (AvgIpc) is 3.32. The summed E-state index contributed by atoms with van der Waals surface area (Å²) in [5.74, 6) is -0.360. The fraction of sp³-hybridized carbons (Fsp3) is 0.333. The van der Waals surface area contributed by atoms with E-state index in [1.807, 2.05) is 36.4 Å². The van der Waals surface area contributed by atoms with E-state index < -0.39 is 11.9 Å². The maximum atomic E-state index is 13.3. The highest BCUT2D eigenvalue weighted by Gasteiger charge is 2.39. The Kier molecular flexibility index (Phi) is 5.88. The van der Waals surface area contributed by atoms with Gasteiger partial charge in [0.15, 0.2) is 5.69 Å². The summed E-state index contributed by atoms with van der Waals surface area (Å²) in [4.78, 5) is 14.4. The minimum Gasteiger partial charge on any atom is -0.350 e. The van der Waals surface area contributed by atoms with E-state index in [0.717, 1.165) is 21.7 Å². The summed E-state index contributed by atoms with van der Waals surface area (Å²) in [6, 6.07) is 11.4. The number of amides is 1. The molecule has 0 radical (unpaired) electrons. The van der Waals surface area contributed by atoms with E-state index in [9.17, 15) is 18.0 Å². The van der Waals surface area contributed by atoms with Gasteiger partial charge in [0.1, 0.15) is 6.54 Å². The van der Waals surface area contributed by atoms with Gasteiger partial charge in [-0.05, 0) is 55.5 Å². The number of nitrogens with zero attached hydrogens (tertiary/aromatic N) is 2. The molecule has 0 saturated carbocycles. The molecule has 9 heteroatoms. The predicted molar refractivity (Wildman–Crippen MR) is 110 cm³/mol. The lowest BCUT2D eigenvalue weighted by Crippen LogP contribution is -2.28. The van der Waals surface area contributed by atoms with Crippen LogP contribution in [0.5, 0.6) is 0 Å². The summed E-state index contributed by atoms with van der Waals surface area (Å²) < 4.78 is 41.1. The maximum absolute atomic E-state index is 13.3. The molecule has 1 aliphatic carbocycles. The van der Waals surface area contributed by atoms with Gasteiger partial charge in [-0.2, -0.15) is 18.3 Å². The zero-order chi connectivity index (χ0) is 21.3. The summed E-state index contributed by atoms with van der Waals surface area (Å²) in [6.07, 6.45) is -2.11. The van der Waals surface area contributed by atoms with Crippen molar-refractivity contribution in [1.29, 1.82) is 0 Å². The molecule has 0 bridgehead atoms. The number of halogens is 4. The summed E-state index contributed by atoms with van der Waals surface area (Å²) in [7, 11) is 0. The second kappa shape index (κ2) is 8.43. The van der Waals surface area contributed by atoms with Gasteiger partial charge >= 0.3 is 6.18 Å². The first-order valence-corrected chi connectivity index (χ1v) is 10.8. The van der Waals surface area contributed by atoms with Crippen LogP contribution in [0.1, 0.15) is 34.7 Å². The Balaban J connectivity index is 1.41. The first-order valence-electron chi connectivity index (χ1n) is 9.58. The molecule has 0 aliphatic heterocycles. The van der Waals surface area contributed by atoms with Crippen LogP contribution in [0.15, 0.2) is 36.4 Å². The highest BCUT2D eigenvalue weighted by molar-refractivity contribution is 7.15.